The van der Waals surface area contributed by atoms with Crippen LogP contribution in [0.2, 0.25) is 0 Å². The summed E-state index contributed by atoms with van der Waals surface area (Å²) in [4.78, 5) is 0. The third-order valence-electron chi connectivity index (χ3n) is 4.78. The highest BCUT2D eigenvalue weighted by molar-refractivity contribution is 5.05. The molecule has 0 aromatic heterocycles. The fourth-order valence-corrected chi connectivity index (χ4v) is 4.05. The van der Waals surface area contributed by atoms with E-state index in [4.69, 9.17) is 4.74 Å². The van der Waals surface area contributed by atoms with Gasteiger partial charge in [0.1, 0.15) is 0 Å². The molecule has 0 aromatic rings. The topological polar surface area (TPSA) is 21.3 Å². The van der Waals surface area contributed by atoms with Crippen molar-refractivity contribution in [2.45, 2.75) is 50.2 Å². The van der Waals surface area contributed by atoms with E-state index in [9.17, 15) is 0 Å². The average molecular weight is 195 g/mol. The van der Waals surface area contributed by atoms with Crippen molar-refractivity contribution in [2.24, 2.45) is 11.8 Å². The number of ether oxygens (including phenoxy) is 1. The number of rotatable bonds is 1. The predicted molar refractivity (Wildman–Crippen MR) is 56.2 cm³/mol. The van der Waals surface area contributed by atoms with Crippen LogP contribution in [0.1, 0.15) is 38.5 Å². The molecule has 2 nitrogen and oxygen atoms in total. The van der Waals surface area contributed by atoms with Gasteiger partial charge in [-0.1, -0.05) is 0 Å². The summed E-state index contributed by atoms with van der Waals surface area (Å²) in [6.07, 6.45) is 8.19. The van der Waals surface area contributed by atoms with Crippen molar-refractivity contribution in [3.63, 3.8) is 0 Å². The van der Waals surface area contributed by atoms with Crippen LogP contribution in [0.3, 0.4) is 0 Å². The Labute approximate surface area is 86.4 Å². The number of hydrogen-bond acceptors (Lipinski definition) is 2. The van der Waals surface area contributed by atoms with Crippen molar-refractivity contribution in [1.82, 2.24) is 5.32 Å². The van der Waals surface area contributed by atoms with Crippen LogP contribution in [0, 0.1) is 11.8 Å². The lowest BCUT2D eigenvalue weighted by molar-refractivity contribution is -0.120. The molecule has 14 heavy (non-hydrogen) atoms. The highest BCUT2D eigenvalue weighted by Crippen LogP contribution is 2.55. The van der Waals surface area contributed by atoms with Gasteiger partial charge in [-0.15, -0.1) is 0 Å². The van der Waals surface area contributed by atoms with Crippen molar-refractivity contribution in [3.8, 4) is 0 Å². The maximum absolute atomic E-state index is 6.15. The summed E-state index contributed by atoms with van der Waals surface area (Å²) in [6.45, 7) is 0.981. The van der Waals surface area contributed by atoms with Gasteiger partial charge in [0, 0.05) is 12.6 Å². The van der Waals surface area contributed by atoms with E-state index in [1.165, 1.54) is 38.5 Å². The maximum atomic E-state index is 6.15. The molecule has 4 atom stereocenters. The molecule has 0 radical (unpaired) electrons. The molecule has 1 saturated heterocycles. The Balaban J connectivity index is 1.76. The molecule has 2 saturated carbocycles. The van der Waals surface area contributed by atoms with E-state index >= 15 is 0 Å². The molecule has 80 valence electrons. The molecular weight excluding hydrogens is 174 g/mol. The fraction of sp³-hybridized carbons (Fsp3) is 1.00. The minimum absolute atomic E-state index is 0.300. The van der Waals surface area contributed by atoms with Crippen molar-refractivity contribution in [2.75, 3.05) is 13.7 Å². The Morgan fingerprint density at radius 1 is 1.21 bits per heavy atom. The summed E-state index contributed by atoms with van der Waals surface area (Å²) >= 11 is 0. The van der Waals surface area contributed by atoms with Crippen LogP contribution in [0.4, 0.5) is 0 Å². The third-order valence-corrected chi connectivity index (χ3v) is 4.78. The van der Waals surface area contributed by atoms with Crippen LogP contribution in [0.15, 0.2) is 0 Å². The maximum Gasteiger partial charge on any atom is 0.0728 e. The van der Waals surface area contributed by atoms with Crippen molar-refractivity contribution in [3.05, 3.63) is 0 Å². The third kappa shape index (κ3) is 1.24. The largest absolute Gasteiger partial charge is 0.375 e. The zero-order valence-corrected chi connectivity index (χ0v) is 9.09. The van der Waals surface area contributed by atoms with Gasteiger partial charge in [-0.05, 0) is 57.4 Å². The summed E-state index contributed by atoms with van der Waals surface area (Å²) < 4.78 is 6.15. The monoisotopic (exact) mass is 195 g/mol. The predicted octanol–water partition coefficient (Wildman–Crippen LogP) is 1.94. The Kier molecular flexibility index (Phi) is 2.10. The number of fused-ring (bicyclic) bond motifs is 3. The van der Waals surface area contributed by atoms with Gasteiger partial charge in [-0.25, -0.2) is 0 Å². The smallest absolute Gasteiger partial charge is 0.0728 e. The van der Waals surface area contributed by atoms with E-state index in [2.05, 4.69) is 12.4 Å². The molecule has 2 heteroatoms. The minimum Gasteiger partial charge on any atom is -0.375 e. The first-order chi connectivity index (χ1) is 6.82. The Morgan fingerprint density at radius 2 is 2.14 bits per heavy atom. The quantitative estimate of drug-likeness (QED) is 0.690. The summed E-state index contributed by atoms with van der Waals surface area (Å²) in [7, 11) is 2.09. The van der Waals surface area contributed by atoms with E-state index < -0.39 is 0 Å². The molecule has 1 heterocycles. The van der Waals surface area contributed by atoms with Gasteiger partial charge < -0.3 is 10.1 Å². The lowest BCUT2D eigenvalue weighted by Gasteiger charge is -2.44. The zero-order valence-electron chi connectivity index (χ0n) is 9.09. The number of nitrogens with one attached hydrogen (secondary N) is 1. The van der Waals surface area contributed by atoms with E-state index in [0.29, 0.717) is 11.6 Å². The molecule has 1 spiro atoms. The van der Waals surface area contributed by atoms with Gasteiger partial charge in [0.2, 0.25) is 0 Å². The van der Waals surface area contributed by atoms with Crippen LogP contribution in [0.5, 0.6) is 0 Å². The Hall–Kier alpha value is -0.0800. The molecule has 1 aliphatic heterocycles. The van der Waals surface area contributed by atoms with Crippen LogP contribution in [-0.2, 0) is 4.74 Å². The molecule has 4 unspecified atom stereocenters. The normalized spacial score (nSPS) is 51.6. The van der Waals surface area contributed by atoms with Gasteiger partial charge >= 0.3 is 0 Å². The SMILES string of the molecule is CNC1CCOC2(CC3CCC2C3)C1. The fourth-order valence-electron chi connectivity index (χ4n) is 4.05. The van der Waals surface area contributed by atoms with Crippen LogP contribution >= 0.6 is 0 Å². The second-order valence-electron chi connectivity index (χ2n) is 5.47. The molecule has 3 fully saturated rings. The highest BCUT2D eigenvalue weighted by Gasteiger charge is 2.53. The van der Waals surface area contributed by atoms with Crippen LogP contribution < -0.4 is 5.32 Å². The van der Waals surface area contributed by atoms with Gasteiger partial charge in [-0.2, -0.15) is 0 Å². The van der Waals surface area contributed by atoms with Gasteiger partial charge in [0.15, 0.2) is 0 Å². The highest BCUT2D eigenvalue weighted by atomic mass is 16.5. The average Bonchev–Trinajstić information content (AvgIpc) is 2.78. The van der Waals surface area contributed by atoms with Gasteiger partial charge in [0.05, 0.1) is 5.60 Å². The van der Waals surface area contributed by atoms with Crippen LogP contribution in [0.25, 0.3) is 0 Å². The molecule has 0 aromatic carbocycles. The summed E-state index contributed by atoms with van der Waals surface area (Å²) in [6, 6.07) is 0.711. The number of hydrogen-bond donors (Lipinski definition) is 1. The first-order valence-electron chi connectivity index (χ1n) is 6.13. The molecule has 3 aliphatic rings. The second kappa shape index (κ2) is 3.21. The van der Waals surface area contributed by atoms with E-state index in [-0.39, 0.29) is 0 Å². The molecule has 0 amide bonds. The van der Waals surface area contributed by atoms with Crippen molar-refractivity contribution in [1.29, 1.82) is 0 Å². The van der Waals surface area contributed by atoms with E-state index in [0.717, 1.165) is 18.4 Å². The lowest BCUT2D eigenvalue weighted by atomic mass is 9.77. The van der Waals surface area contributed by atoms with Crippen molar-refractivity contribution < 1.29 is 4.74 Å². The standard InChI is InChI=1S/C12H21NO/c1-13-11-4-5-14-12(8-11)7-9-2-3-10(12)6-9/h9-11,13H,2-8H2,1H3. The molecule has 2 bridgehead atoms. The summed E-state index contributed by atoms with van der Waals surface area (Å²) in [5.41, 5.74) is 0.300. The zero-order chi connectivity index (χ0) is 9.60. The van der Waals surface area contributed by atoms with Gasteiger partial charge in [0.25, 0.3) is 0 Å². The first kappa shape index (κ1) is 9.17. The molecule has 3 rings (SSSR count). The van der Waals surface area contributed by atoms with Crippen LogP contribution in [-0.4, -0.2) is 25.3 Å². The first-order valence-corrected chi connectivity index (χ1v) is 6.13. The second-order valence-corrected chi connectivity index (χ2v) is 5.47. The Morgan fingerprint density at radius 3 is 2.79 bits per heavy atom. The summed E-state index contributed by atoms with van der Waals surface area (Å²) in [5.74, 6) is 1.89. The van der Waals surface area contributed by atoms with E-state index in [1.54, 1.807) is 0 Å². The van der Waals surface area contributed by atoms with Crippen molar-refractivity contribution >= 4 is 0 Å². The summed E-state index contributed by atoms with van der Waals surface area (Å²) in [5, 5.41) is 3.43. The molecule has 2 aliphatic carbocycles. The Bertz CT molecular complexity index is 230. The van der Waals surface area contributed by atoms with E-state index in [1.807, 2.05) is 0 Å². The minimum atomic E-state index is 0.300. The lowest BCUT2D eigenvalue weighted by Crippen LogP contribution is -2.49. The molecular formula is C12H21NO. The van der Waals surface area contributed by atoms with Gasteiger partial charge in [-0.3, -0.25) is 0 Å². The molecule has 1 N–H and O–H groups in total.